The highest BCUT2D eigenvalue weighted by molar-refractivity contribution is 5.86. The van der Waals surface area contributed by atoms with Crippen LogP contribution in [0.25, 0.3) is 10.9 Å². The molecule has 1 aromatic heterocycles. The van der Waals surface area contributed by atoms with E-state index in [9.17, 15) is 13.6 Å². The number of fused-ring (bicyclic) bond motifs is 1. The smallest absolute Gasteiger partial charge is 0.367 e. The molecule has 1 heterocycles. The van der Waals surface area contributed by atoms with Gasteiger partial charge in [0.05, 0.1) is 19.2 Å². The minimum Gasteiger partial charge on any atom is -0.478 e. The number of para-hydroxylation sites is 1. The van der Waals surface area contributed by atoms with E-state index in [4.69, 9.17) is 4.74 Å². The van der Waals surface area contributed by atoms with Gasteiger partial charge in [0.1, 0.15) is 5.83 Å². The molecule has 6 heteroatoms. The molecule has 0 N–H and O–H groups in total. The molecule has 0 saturated heterocycles. The highest BCUT2D eigenvalue weighted by Crippen LogP contribution is 2.16. The Morgan fingerprint density at radius 3 is 2.61 bits per heavy atom. The number of halogens is 2. The quantitative estimate of drug-likeness (QED) is 0.210. The van der Waals surface area contributed by atoms with Crippen LogP contribution in [-0.4, -0.2) is 24.7 Å². The summed E-state index contributed by atoms with van der Waals surface area (Å²) in [6.07, 6.45) is 7.00. The van der Waals surface area contributed by atoms with Crippen molar-refractivity contribution in [2.75, 3.05) is 13.7 Å². The first-order valence-electron chi connectivity index (χ1n) is 9.40. The van der Waals surface area contributed by atoms with Crippen molar-refractivity contribution in [1.29, 1.82) is 0 Å². The fourth-order valence-corrected chi connectivity index (χ4v) is 2.66. The third-order valence-electron chi connectivity index (χ3n) is 4.16. The number of carbonyl (C=O) groups excluding carboxylic acids is 1. The van der Waals surface area contributed by atoms with Crippen molar-refractivity contribution in [2.45, 2.75) is 38.5 Å². The summed E-state index contributed by atoms with van der Waals surface area (Å²) in [5.74, 6) is -2.55. The van der Waals surface area contributed by atoms with E-state index in [-0.39, 0.29) is 0 Å². The van der Waals surface area contributed by atoms with Gasteiger partial charge in [-0.3, -0.25) is 0 Å². The molecule has 0 radical (unpaired) electrons. The minimum atomic E-state index is -1.24. The number of hydrogen-bond donors (Lipinski definition) is 0. The molecule has 0 spiro atoms. The standard InChI is InChI=1S/C22H25F2NO3/c1-27-22(26)19(24)16-18(23)11-6-4-2-3-5-9-15-28-21-14-13-17-10-7-8-12-20(17)25-21/h7-8,10-14,16H,2-6,9,15H2,1H3. The van der Waals surface area contributed by atoms with Crippen LogP contribution in [0.5, 0.6) is 5.88 Å². The second-order valence-electron chi connectivity index (χ2n) is 6.32. The van der Waals surface area contributed by atoms with Crippen LogP contribution in [0.1, 0.15) is 38.5 Å². The highest BCUT2D eigenvalue weighted by atomic mass is 19.1. The van der Waals surface area contributed by atoms with Crippen LogP contribution in [0, 0.1) is 0 Å². The molecule has 0 bridgehead atoms. The average molecular weight is 389 g/mol. The molecule has 2 aromatic rings. The molecule has 0 unspecified atom stereocenters. The van der Waals surface area contributed by atoms with Crippen molar-refractivity contribution in [3.05, 3.63) is 60.2 Å². The Hall–Kier alpha value is -2.76. The maximum atomic E-state index is 13.4. The largest absolute Gasteiger partial charge is 0.478 e. The van der Waals surface area contributed by atoms with Gasteiger partial charge < -0.3 is 9.47 Å². The summed E-state index contributed by atoms with van der Waals surface area (Å²) < 4.78 is 36.3. The van der Waals surface area contributed by atoms with Gasteiger partial charge in [-0.2, -0.15) is 4.39 Å². The molecule has 150 valence electrons. The molecule has 0 saturated carbocycles. The fourth-order valence-electron chi connectivity index (χ4n) is 2.66. The SMILES string of the molecule is COC(=O)C(F)=CC(F)=CCCCCCCCOc1ccc2ccccc2n1. The van der Waals surface area contributed by atoms with Crippen LogP contribution in [0.4, 0.5) is 8.78 Å². The number of esters is 1. The van der Waals surface area contributed by atoms with Crippen molar-refractivity contribution in [2.24, 2.45) is 0 Å². The number of methoxy groups -OCH3 is 1. The second-order valence-corrected chi connectivity index (χ2v) is 6.32. The summed E-state index contributed by atoms with van der Waals surface area (Å²) in [7, 11) is 1.04. The van der Waals surface area contributed by atoms with Crippen LogP contribution >= 0.6 is 0 Å². The Bertz CT molecular complexity index is 833. The van der Waals surface area contributed by atoms with Gasteiger partial charge in [0, 0.05) is 17.5 Å². The van der Waals surface area contributed by atoms with Gasteiger partial charge in [0.15, 0.2) is 0 Å². The molecule has 4 nitrogen and oxygen atoms in total. The molecule has 0 aliphatic heterocycles. The van der Waals surface area contributed by atoms with Crippen LogP contribution in [0.2, 0.25) is 0 Å². The van der Waals surface area contributed by atoms with Gasteiger partial charge in [-0.15, -0.1) is 0 Å². The molecular weight excluding hydrogens is 364 g/mol. The third kappa shape index (κ3) is 7.47. The lowest BCUT2D eigenvalue weighted by atomic mass is 10.1. The van der Waals surface area contributed by atoms with E-state index in [0.717, 1.165) is 50.1 Å². The average Bonchev–Trinajstić information content (AvgIpc) is 2.71. The number of ether oxygens (including phenoxy) is 2. The van der Waals surface area contributed by atoms with Crippen molar-refractivity contribution in [3.63, 3.8) is 0 Å². The van der Waals surface area contributed by atoms with Crippen molar-refractivity contribution >= 4 is 16.9 Å². The van der Waals surface area contributed by atoms with Crippen LogP contribution in [0.15, 0.2) is 60.2 Å². The summed E-state index contributed by atoms with van der Waals surface area (Å²) in [5, 5.41) is 1.09. The van der Waals surface area contributed by atoms with Crippen LogP contribution in [0.3, 0.4) is 0 Å². The molecule has 1 aromatic carbocycles. The summed E-state index contributed by atoms with van der Waals surface area (Å²) in [4.78, 5) is 15.3. The topological polar surface area (TPSA) is 48.4 Å². The zero-order valence-electron chi connectivity index (χ0n) is 16.0. The van der Waals surface area contributed by atoms with Gasteiger partial charge in [0.25, 0.3) is 0 Å². The summed E-state index contributed by atoms with van der Waals surface area (Å²) >= 11 is 0. The van der Waals surface area contributed by atoms with E-state index in [1.54, 1.807) is 0 Å². The number of rotatable bonds is 11. The number of unbranched alkanes of at least 4 members (excludes halogenated alkanes) is 5. The molecule has 28 heavy (non-hydrogen) atoms. The molecule has 0 aliphatic rings. The zero-order valence-corrected chi connectivity index (χ0v) is 16.0. The predicted octanol–water partition coefficient (Wildman–Crippen LogP) is 5.83. The Morgan fingerprint density at radius 2 is 1.79 bits per heavy atom. The molecule has 0 amide bonds. The van der Waals surface area contributed by atoms with Gasteiger partial charge in [0.2, 0.25) is 11.7 Å². The van der Waals surface area contributed by atoms with Gasteiger partial charge in [-0.05, 0) is 37.5 Å². The molecular formula is C22H25F2NO3. The van der Waals surface area contributed by atoms with Crippen molar-refractivity contribution in [3.8, 4) is 5.88 Å². The van der Waals surface area contributed by atoms with Gasteiger partial charge >= 0.3 is 5.97 Å². The fraction of sp³-hybridized carbons (Fsp3) is 0.364. The Morgan fingerprint density at radius 1 is 1.04 bits per heavy atom. The lowest BCUT2D eigenvalue weighted by Gasteiger charge is -2.06. The molecule has 2 rings (SSSR count). The number of carbonyl (C=O) groups is 1. The highest BCUT2D eigenvalue weighted by Gasteiger charge is 2.08. The monoisotopic (exact) mass is 389 g/mol. The Labute approximate surface area is 163 Å². The van der Waals surface area contributed by atoms with Crippen molar-refractivity contribution < 1.29 is 23.0 Å². The van der Waals surface area contributed by atoms with E-state index in [0.29, 0.717) is 25.0 Å². The molecule has 0 fully saturated rings. The minimum absolute atomic E-state index is 0.494. The van der Waals surface area contributed by atoms with E-state index < -0.39 is 17.6 Å². The lowest BCUT2D eigenvalue weighted by Crippen LogP contribution is -2.00. The van der Waals surface area contributed by atoms with Crippen LogP contribution in [-0.2, 0) is 9.53 Å². The maximum Gasteiger partial charge on any atom is 0.367 e. The van der Waals surface area contributed by atoms with E-state index in [1.165, 1.54) is 6.08 Å². The van der Waals surface area contributed by atoms with Crippen LogP contribution < -0.4 is 4.74 Å². The Balaban J connectivity index is 1.55. The third-order valence-corrected chi connectivity index (χ3v) is 4.16. The number of allylic oxidation sites excluding steroid dienone is 3. The van der Waals surface area contributed by atoms with E-state index >= 15 is 0 Å². The zero-order chi connectivity index (χ0) is 20.2. The molecule has 0 aliphatic carbocycles. The first kappa shape index (κ1) is 21.5. The first-order chi connectivity index (χ1) is 13.6. The lowest BCUT2D eigenvalue weighted by molar-refractivity contribution is -0.137. The van der Waals surface area contributed by atoms with Gasteiger partial charge in [-0.25, -0.2) is 14.2 Å². The predicted molar refractivity (Wildman–Crippen MR) is 105 cm³/mol. The first-order valence-corrected chi connectivity index (χ1v) is 9.40. The molecule has 0 atom stereocenters. The maximum absolute atomic E-state index is 13.4. The number of pyridine rings is 1. The van der Waals surface area contributed by atoms with E-state index in [1.807, 2.05) is 36.4 Å². The summed E-state index contributed by atoms with van der Waals surface area (Å²) in [6, 6.07) is 11.8. The number of hydrogen-bond acceptors (Lipinski definition) is 4. The summed E-state index contributed by atoms with van der Waals surface area (Å²) in [6.45, 7) is 0.609. The van der Waals surface area contributed by atoms with Crippen molar-refractivity contribution in [1.82, 2.24) is 4.98 Å². The number of nitrogens with zero attached hydrogens (tertiary/aromatic N) is 1. The van der Waals surface area contributed by atoms with E-state index in [2.05, 4.69) is 9.72 Å². The summed E-state index contributed by atoms with van der Waals surface area (Å²) in [5.41, 5.74) is 0.918. The van der Waals surface area contributed by atoms with Gasteiger partial charge in [-0.1, -0.05) is 37.5 Å². The number of aromatic nitrogens is 1. The normalized spacial score (nSPS) is 12.2. The number of benzene rings is 1. The Kier molecular flexibility index (Phi) is 9.11. The second kappa shape index (κ2) is 11.8.